The number of H-pyrrole nitrogens is 1. The number of aromatic amines is 1. The van der Waals surface area contributed by atoms with Crippen molar-refractivity contribution < 1.29 is 14.3 Å². The Labute approximate surface area is 209 Å². The number of methoxy groups -OCH3 is 1. The fourth-order valence-corrected chi connectivity index (χ4v) is 4.25. The van der Waals surface area contributed by atoms with Crippen molar-refractivity contribution in [2.75, 3.05) is 13.7 Å². The summed E-state index contributed by atoms with van der Waals surface area (Å²) in [7, 11) is 1.64. The molecule has 0 radical (unpaired) electrons. The van der Waals surface area contributed by atoms with Crippen molar-refractivity contribution in [1.29, 1.82) is 0 Å². The van der Waals surface area contributed by atoms with Crippen LogP contribution in [-0.2, 0) is 17.6 Å². The molecule has 3 N–H and O–H groups in total. The van der Waals surface area contributed by atoms with E-state index in [-0.39, 0.29) is 11.8 Å². The number of aromatic nitrogens is 1. The molecule has 0 fully saturated rings. The van der Waals surface area contributed by atoms with Crippen LogP contribution >= 0.6 is 11.6 Å². The van der Waals surface area contributed by atoms with Crippen LogP contribution in [0.4, 0.5) is 0 Å². The summed E-state index contributed by atoms with van der Waals surface area (Å²) in [4.78, 5) is 29.3. The quantitative estimate of drug-likeness (QED) is 0.276. The zero-order chi connectivity index (χ0) is 24.6. The first-order valence-electron chi connectivity index (χ1n) is 11.6. The Kier molecular flexibility index (Phi) is 8.06. The predicted octanol–water partition coefficient (Wildman–Crippen LogP) is 4.92. The first-order chi connectivity index (χ1) is 17.0. The van der Waals surface area contributed by atoms with E-state index in [1.54, 1.807) is 31.4 Å². The maximum Gasteiger partial charge on any atom is 0.253 e. The van der Waals surface area contributed by atoms with Crippen molar-refractivity contribution in [2.45, 2.75) is 25.3 Å². The van der Waals surface area contributed by atoms with Crippen LogP contribution in [0.1, 0.15) is 27.9 Å². The molecule has 0 saturated carbocycles. The van der Waals surface area contributed by atoms with Gasteiger partial charge in [0.2, 0.25) is 5.91 Å². The van der Waals surface area contributed by atoms with E-state index in [9.17, 15) is 9.59 Å². The number of carbonyl (C=O) groups is 2. The second-order valence-corrected chi connectivity index (χ2v) is 8.72. The Hall–Kier alpha value is -3.77. The fourth-order valence-electron chi connectivity index (χ4n) is 4.03. The summed E-state index contributed by atoms with van der Waals surface area (Å²) in [6.45, 7) is 0.497. The summed E-state index contributed by atoms with van der Waals surface area (Å²) in [6.07, 6.45) is 3.83. The van der Waals surface area contributed by atoms with Gasteiger partial charge < -0.3 is 20.4 Å². The standard InChI is InChI=1S/C28H28ClN3O3/c1-35-21-14-12-19(13-15-21)7-6-16-30-28(34)26(32-27(33)23-9-2-4-10-24(23)29)17-20-18-31-25-11-5-3-8-22(20)25/h2-5,8-15,18,26,31H,6-7,16-17H2,1H3,(H,30,34)(H,32,33). The molecule has 1 unspecified atom stereocenters. The van der Waals surface area contributed by atoms with Crippen LogP contribution in [0.5, 0.6) is 5.75 Å². The van der Waals surface area contributed by atoms with Gasteiger partial charge in [-0.1, -0.05) is 54.1 Å². The van der Waals surface area contributed by atoms with E-state index < -0.39 is 6.04 Å². The molecule has 4 rings (SSSR count). The van der Waals surface area contributed by atoms with Crippen molar-refractivity contribution in [2.24, 2.45) is 0 Å². The number of fused-ring (bicyclic) bond motifs is 1. The van der Waals surface area contributed by atoms with Gasteiger partial charge in [-0.15, -0.1) is 0 Å². The number of carbonyl (C=O) groups excluding carboxylic acids is 2. The van der Waals surface area contributed by atoms with Gasteiger partial charge in [0.05, 0.1) is 17.7 Å². The Balaban J connectivity index is 1.43. The minimum Gasteiger partial charge on any atom is -0.497 e. The number of para-hydroxylation sites is 1. The highest BCUT2D eigenvalue weighted by Gasteiger charge is 2.24. The van der Waals surface area contributed by atoms with Crippen molar-refractivity contribution >= 4 is 34.3 Å². The third-order valence-corrected chi connectivity index (χ3v) is 6.27. The average molecular weight is 490 g/mol. The lowest BCUT2D eigenvalue weighted by Gasteiger charge is -2.19. The molecule has 4 aromatic rings. The third-order valence-electron chi connectivity index (χ3n) is 5.94. The van der Waals surface area contributed by atoms with Gasteiger partial charge in [-0.3, -0.25) is 9.59 Å². The van der Waals surface area contributed by atoms with E-state index in [0.29, 0.717) is 23.6 Å². The summed E-state index contributed by atoms with van der Waals surface area (Å²) in [6, 6.07) is 21.8. The zero-order valence-corrected chi connectivity index (χ0v) is 20.3. The molecule has 7 heteroatoms. The number of halogens is 1. The van der Waals surface area contributed by atoms with Crippen LogP contribution in [0, 0.1) is 0 Å². The summed E-state index contributed by atoms with van der Waals surface area (Å²) in [5.74, 6) is 0.204. The first-order valence-corrected chi connectivity index (χ1v) is 11.9. The molecule has 0 bridgehead atoms. The smallest absolute Gasteiger partial charge is 0.253 e. The van der Waals surface area contributed by atoms with E-state index in [0.717, 1.165) is 35.1 Å². The van der Waals surface area contributed by atoms with Crippen molar-refractivity contribution in [3.8, 4) is 5.75 Å². The summed E-state index contributed by atoms with van der Waals surface area (Å²) >= 11 is 6.21. The highest BCUT2D eigenvalue weighted by atomic mass is 35.5. The van der Waals surface area contributed by atoms with Gasteiger partial charge in [-0.2, -0.15) is 0 Å². The number of aryl methyl sites for hydroxylation is 1. The second-order valence-electron chi connectivity index (χ2n) is 8.31. The Morgan fingerprint density at radius 2 is 1.74 bits per heavy atom. The van der Waals surface area contributed by atoms with Gasteiger partial charge in [0.1, 0.15) is 11.8 Å². The Morgan fingerprint density at radius 1 is 1.00 bits per heavy atom. The number of hydrogen-bond acceptors (Lipinski definition) is 3. The van der Waals surface area contributed by atoms with Crippen LogP contribution in [0.3, 0.4) is 0 Å². The molecule has 0 saturated heterocycles. The van der Waals surface area contributed by atoms with Gasteiger partial charge >= 0.3 is 0 Å². The monoisotopic (exact) mass is 489 g/mol. The number of ether oxygens (including phenoxy) is 1. The third kappa shape index (κ3) is 6.22. The molecule has 35 heavy (non-hydrogen) atoms. The van der Waals surface area contributed by atoms with Gasteiger partial charge in [0, 0.05) is 30.1 Å². The Bertz CT molecular complexity index is 1300. The molecule has 6 nitrogen and oxygen atoms in total. The topological polar surface area (TPSA) is 83.2 Å². The molecular formula is C28H28ClN3O3. The van der Waals surface area contributed by atoms with Crippen LogP contribution in [0.15, 0.2) is 79.0 Å². The second kappa shape index (κ2) is 11.6. The molecule has 2 amide bonds. The van der Waals surface area contributed by atoms with Crippen molar-refractivity contribution in [3.63, 3.8) is 0 Å². The minimum absolute atomic E-state index is 0.231. The maximum atomic E-state index is 13.2. The van der Waals surface area contributed by atoms with E-state index >= 15 is 0 Å². The molecule has 1 heterocycles. The van der Waals surface area contributed by atoms with Gasteiger partial charge in [-0.25, -0.2) is 0 Å². The summed E-state index contributed by atoms with van der Waals surface area (Å²) in [5, 5.41) is 7.24. The Morgan fingerprint density at radius 3 is 2.51 bits per heavy atom. The van der Waals surface area contributed by atoms with Crippen LogP contribution in [0.2, 0.25) is 5.02 Å². The van der Waals surface area contributed by atoms with Gasteiger partial charge in [-0.05, 0) is 54.3 Å². The molecule has 0 aliphatic carbocycles. The van der Waals surface area contributed by atoms with Crippen molar-refractivity contribution in [3.05, 3.63) is 101 Å². The molecule has 180 valence electrons. The van der Waals surface area contributed by atoms with Gasteiger partial charge in [0.15, 0.2) is 0 Å². The number of hydrogen-bond donors (Lipinski definition) is 3. The van der Waals surface area contributed by atoms with Crippen molar-refractivity contribution in [1.82, 2.24) is 15.6 Å². The SMILES string of the molecule is COc1ccc(CCCNC(=O)C(Cc2c[nH]c3ccccc23)NC(=O)c2ccccc2Cl)cc1. The molecule has 0 aliphatic rings. The molecular weight excluding hydrogens is 462 g/mol. The fraction of sp³-hybridized carbons (Fsp3) is 0.214. The maximum absolute atomic E-state index is 13.2. The van der Waals surface area contributed by atoms with Gasteiger partial charge in [0.25, 0.3) is 5.91 Å². The largest absolute Gasteiger partial charge is 0.497 e. The van der Waals surface area contributed by atoms with E-state index in [1.165, 1.54) is 5.56 Å². The van der Waals surface area contributed by atoms with E-state index in [4.69, 9.17) is 16.3 Å². The number of rotatable bonds is 10. The molecule has 3 aromatic carbocycles. The zero-order valence-electron chi connectivity index (χ0n) is 19.5. The van der Waals surface area contributed by atoms with Crippen LogP contribution in [-0.4, -0.2) is 36.5 Å². The lowest BCUT2D eigenvalue weighted by atomic mass is 10.0. The highest BCUT2D eigenvalue weighted by Crippen LogP contribution is 2.20. The summed E-state index contributed by atoms with van der Waals surface area (Å²) in [5.41, 5.74) is 3.45. The van der Waals surface area contributed by atoms with E-state index in [2.05, 4.69) is 15.6 Å². The lowest BCUT2D eigenvalue weighted by molar-refractivity contribution is -0.122. The van der Waals surface area contributed by atoms with Crippen LogP contribution in [0.25, 0.3) is 10.9 Å². The molecule has 1 atom stereocenters. The molecule has 1 aromatic heterocycles. The number of benzene rings is 3. The average Bonchev–Trinajstić information content (AvgIpc) is 3.29. The lowest BCUT2D eigenvalue weighted by Crippen LogP contribution is -2.48. The number of nitrogens with one attached hydrogen (secondary N) is 3. The normalized spacial score (nSPS) is 11.7. The van der Waals surface area contributed by atoms with E-state index in [1.807, 2.05) is 54.7 Å². The molecule has 0 spiro atoms. The number of amides is 2. The summed E-state index contributed by atoms with van der Waals surface area (Å²) < 4.78 is 5.19. The minimum atomic E-state index is -0.751. The highest BCUT2D eigenvalue weighted by molar-refractivity contribution is 6.33. The predicted molar refractivity (Wildman–Crippen MR) is 139 cm³/mol. The van der Waals surface area contributed by atoms with Crippen LogP contribution < -0.4 is 15.4 Å². The molecule has 0 aliphatic heterocycles. The first kappa shape index (κ1) is 24.4.